The number of aromatic nitrogens is 1. The molecule has 4 rings (SSSR count). The van der Waals surface area contributed by atoms with Crippen LogP contribution in [0.3, 0.4) is 0 Å². The zero-order valence-electron chi connectivity index (χ0n) is 16.1. The normalized spacial score (nSPS) is 14.9. The first-order valence-corrected chi connectivity index (χ1v) is 9.84. The van der Waals surface area contributed by atoms with Crippen molar-refractivity contribution in [3.8, 4) is 11.5 Å². The molecule has 6 heteroatoms. The number of pyridine rings is 1. The van der Waals surface area contributed by atoms with Gasteiger partial charge in [0.1, 0.15) is 22.5 Å². The Morgan fingerprint density at radius 2 is 1.68 bits per heavy atom. The molecule has 1 aliphatic rings. The lowest BCUT2D eigenvalue weighted by Gasteiger charge is -2.34. The summed E-state index contributed by atoms with van der Waals surface area (Å²) < 4.78 is 10.7. The summed E-state index contributed by atoms with van der Waals surface area (Å²) in [5, 5.41) is 6.30. The highest BCUT2D eigenvalue weighted by atomic mass is 35.5. The molecule has 146 valence electrons. The second-order valence-electron chi connectivity index (χ2n) is 7.00. The second kappa shape index (κ2) is 8.15. The molecule has 0 atom stereocenters. The van der Waals surface area contributed by atoms with E-state index in [0.29, 0.717) is 11.2 Å². The van der Waals surface area contributed by atoms with Crippen LogP contribution in [0.25, 0.3) is 10.8 Å². The number of piperidine rings is 1. The Morgan fingerprint density at radius 3 is 2.36 bits per heavy atom. The van der Waals surface area contributed by atoms with E-state index in [2.05, 4.69) is 27.3 Å². The Morgan fingerprint density at radius 1 is 1.00 bits per heavy atom. The summed E-state index contributed by atoms with van der Waals surface area (Å²) in [5.41, 5.74) is 1.02. The van der Waals surface area contributed by atoms with E-state index in [1.165, 1.54) is 0 Å². The van der Waals surface area contributed by atoms with Crippen molar-refractivity contribution in [3.63, 3.8) is 0 Å². The number of anilines is 2. The first-order chi connectivity index (χ1) is 13.7. The molecule has 28 heavy (non-hydrogen) atoms. The molecule has 1 aliphatic heterocycles. The minimum Gasteiger partial charge on any atom is -0.497 e. The lowest BCUT2D eigenvalue weighted by atomic mass is 10.0. The van der Waals surface area contributed by atoms with Crippen molar-refractivity contribution < 1.29 is 9.47 Å². The van der Waals surface area contributed by atoms with Crippen molar-refractivity contribution in [2.45, 2.75) is 18.9 Å². The van der Waals surface area contributed by atoms with Crippen molar-refractivity contribution in [1.29, 1.82) is 0 Å². The Balaban J connectivity index is 1.44. The maximum atomic E-state index is 6.40. The fourth-order valence-corrected chi connectivity index (χ4v) is 3.94. The summed E-state index contributed by atoms with van der Waals surface area (Å²) in [4.78, 5) is 6.93. The number of hydrogen-bond acceptors (Lipinski definition) is 5. The Hall–Kier alpha value is -2.66. The molecular formula is C22H24ClN3O2. The average molecular weight is 398 g/mol. The minimum absolute atomic E-state index is 0.393. The van der Waals surface area contributed by atoms with Crippen LogP contribution in [0.15, 0.2) is 48.5 Å². The zero-order chi connectivity index (χ0) is 19.5. The van der Waals surface area contributed by atoms with Crippen LogP contribution >= 0.6 is 11.6 Å². The highest BCUT2D eigenvalue weighted by Gasteiger charge is 2.21. The van der Waals surface area contributed by atoms with E-state index >= 15 is 0 Å². The van der Waals surface area contributed by atoms with Crippen molar-refractivity contribution in [2.75, 3.05) is 37.5 Å². The summed E-state index contributed by atoms with van der Waals surface area (Å²) in [5.74, 6) is 2.52. The third kappa shape index (κ3) is 3.94. The number of ether oxygens (including phenoxy) is 2. The summed E-state index contributed by atoms with van der Waals surface area (Å²) in [6, 6.07) is 16.5. The molecule has 0 bridgehead atoms. The number of halogens is 1. The number of nitrogens with one attached hydrogen (secondary N) is 1. The maximum Gasteiger partial charge on any atom is 0.139 e. The Bertz CT molecular complexity index is 949. The lowest BCUT2D eigenvalue weighted by Crippen LogP contribution is -2.39. The molecule has 2 heterocycles. The second-order valence-corrected chi connectivity index (χ2v) is 7.36. The largest absolute Gasteiger partial charge is 0.497 e. The topological polar surface area (TPSA) is 46.6 Å². The van der Waals surface area contributed by atoms with Crippen LogP contribution < -0.4 is 19.7 Å². The van der Waals surface area contributed by atoms with Gasteiger partial charge >= 0.3 is 0 Å². The van der Waals surface area contributed by atoms with E-state index in [1.807, 2.05) is 36.4 Å². The van der Waals surface area contributed by atoms with E-state index in [4.69, 9.17) is 21.1 Å². The quantitative estimate of drug-likeness (QED) is 0.615. The fraction of sp³-hybridized carbons (Fsp3) is 0.318. The predicted molar refractivity (Wildman–Crippen MR) is 115 cm³/mol. The summed E-state index contributed by atoms with van der Waals surface area (Å²) in [6.07, 6.45) is 2.04. The van der Waals surface area contributed by atoms with E-state index in [1.54, 1.807) is 14.2 Å². The van der Waals surface area contributed by atoms with Gasteiger partial charge < -0.3 is 19.7 Å². The molecular weight excluding hydrogens is 374 g/mol. The summed E-state index contributed by atoms with van der Waals surface area (Å²) in [6.45, 7) is 1.86. The lowest BCUT2D eigenvalue weighted by molar-refractivity contribution is 0.394. The third-order valence-corrected chi connectivity index (χ3v) is 5.51. The SMILES string of the molecule is COc1cc(NC2CCN(c3cc4ccccc4c(Cl)n3)CC2)cc(OC)c1. The molecule has 0 spiro atoms. The van der Waals surface area contributed by atoms with Crippen molar-refractivity contribution in [2.24, 2.45) is 0 Å². The smallest absolute Gasteiger partial charge is 0.139 e. The van der Waals surface area contributed by atoms with Crippen LogP contribution in [0.5, 0.6) is 11.5 Å². The van der Waals surface area contributed by atoms with E-state index < -0.39 is 0 Å². The van der Waals surface area contributed by atoms with Crippen LogP contribution in [0, 0.1) is 0 Å². The van der Waals surface area contributed by atoms with Crippen LogP contribution in [0.2, 0.25) is 5.15 Å². The van der Waals surface area contributed by atoms with Gasteiger partial charge in [0.15, 0.2) is 0 Å². The molecule has 0 amide bonds. The maximum absolute atomic E-state index is 6.40. The van der Waals surface area contributed by atoms with Crippen molar-refractivity contribution >= 4 is 33.9 Å². The summed E-state index contributed by atoms with van der Waals surface area (Å²) >= 11 is 6.40. The van der Waals surface area contributed by atoms with E-state index in [0.717, 1.165) is 59.7 Å². The van der Waals surface area contributed by atoms with Crippen LogP contribution in [0.1, 0.15) is 12.8 Å². The number of methoxy groups -OCH3 is 2. The number of hydrogen-bond donors (Lipinski definition) is 1. The highest BCUT2D eigenvalue weighted by Crippen LogP contribution is 2.30. The molecule has 5 nitrogen and oxygen atoms in total. The Labute approximate surface area is 170 Å². The predicted octanol–water partition coefficient (Wildman–Crippen LogP) is 4.99. The van der Waals surface area contributed by atoms with E-state index in [-0.39, 0.29) is 0 Å². The summed E-state index contributed by atoms with van der Waals surface area (Å²) in [7, 11) is 3.33. The van der Waals surface area contributed by atoms with Crippen LogP contribution in [-0.4, -0.2) is 38.3 Å². The van der Waals surface area contributed by atoms with Crippen molar-refractivity contribution in [3.05, 3.63) is 53.7 Å². The minimum atomic E-state index is 0.393. The first-order valence-electron chi connectivity index (χ1n) is 9.46. The standard InChI is InChI=1S/C22H24ClN3O2/c1-27-18-12-17(13-19(14-18)28-2)24-16-7-9-26(10-8-16)21-11-15-5-3-4-6-20(15)22(23)25-21/h3-6,11-14,16,24H,7-10H2,1-2H3. The number of rotatable bonds is 5. The zero-order valence-corrected chi connectivity index (χ0v) is 16.9. The molecule has 1 fully saturated rings. The molecule has 0 unspecified atom stereocenters. The molecule has 3 aromatic rings. The van der Waals surface area contributed by atoms with Gasteiger partial charge in [0.2, 0.25) is 0 Å². The van der Waals surface area contributed by atoms with Gasteiger partial charge in [0.25, 0.3) is 0 Å². The average Bonchev–Trinajstić information content (AvgIpc) is 2.74. The van der Waals surface area contributed by atoms with Gasteiger partial charge in [-0.05, 0) is 24.3 Å². The van der Waals surface area contributed by atoms with Gasteiger partial charge in [-0.2, -0.15) is 0 Å². The van der Waals surface area contributed by atoms with Gasteiger partial charge in [-0.1, -0.05) is 35.9 Å². The van der Waals surface area contributed by atoms with Crippen LogP contribution in [0.4, 0.5) is 11.5 Å². The van der Waals surface area contributed by atoms with Gasteiger partial charge in [0.05, 0.1) is 14.2 Å². The van der Waals surface area contributed by atoms with E-state index in [9.17, 15) is 0 Å². The van der Waals surface area contributed by atoms with Gasteiger partial charge in [-0.15, -0.1) is 0 Å². The molecule has 0 radical (unpaired) electrons. The number of fused-ring (bicyclic) bond motifs is 1. The molecule has 1 N–H and O–H groups in total. The third-order valence-electron chi connectivity index (χ3n) is 5.22. The van der Waals surface area contributed by atoms with Gasteiger partial charge in [0, 0.05) is 48.4 Å². The van der Waals surface area contributed by atoms with Crippen LogP contribution in [-0.2, 0) is 0 Å². The molecule has 1 aromatic heterocycles. The number of nitrogens with zero attached hydrogens (tertiary/aromatic N) is 2. The molecule has 2 aromatic carbocycles. The van der Waals surface area contributed by atoms with Gasteiger partial charge in [-0.3, -0.25) is 0 Å². The highest BCUT2D eigenvalue weighted by molar-refractivity contribution is 6.34. The first kappa shape index (κ1) is 18.7. The molecule has 1 saturated heterocycles. The van der Waals surface area contributed by atoms with Crippen molar-refractivity contribution in [1.82, 2.24) is 4.98 Å². The number of benzene rings is 2. The monoisotopic (exact) mass is 397 g/mol. The fourth-order valence-electron chi connectivity index (χ4n) is 3.68. The van der Waals surface area contributed by atoms with Gasteiger partial charge in [-0.25, -0.2) is 4.98 Å². The molecule has 0 aliphatic carbocycles. The Kier molecular flexibility index (Phi) is 5.44. The molecule has 0 saturated carbocycles.